The first-order chi connectivity index (χ1) is 8.16. The van der Waals surface area contributed by atoms with E-state index in [0.29, 0.717) is 11.6 Å². The molecule has 94 valence electrons. The van der Waals surface area contributed by atoms with E-state index in [1.165, 1.54) is 18.6 Å². The van der Waals surface area contributed by atoms with Crippen molar-refractivity contribution in [1.29, 1.82) is 0 Å². The molecule has 2 N–H and O–H groups in total. The van der Waals surface area contributed by atoms with Crippen molar-refractivity contribution in [3.63, 3.8) is 0 Å². The smallest absolute Gasteiger partial charge is 0.125 e. The van der Waals surface area contributed by atoms with Crippen molar-refractivity contribution in [2.75, 3.05) is 37.4 Å². The van der Waals surface area contributed by atoms with Crippen LogP contribution < -0.4 is 10.6 Å². The Balaban J connectivity index is 2.02. The van der Waals surface area contributed by atoms with Crippen LogP contribution in [0.5, 0.6) is 0 Å². The Morgan fingerprint density at radius 1 is 1.53 bits per heavy atom. The van der Waals surface area contributed by atoms with Gasteiger partial charge >= 0.3 is 0 Å². The average Bonchev–Trinajstić information content (AvgIpc) is 2.33. The Morgan fingerprint density at radius 3 is 3.06 bits per heavy atom. The molecule has 0 aliphatic carbocycles. The summed E-state index contributed by atoms with van der Waals surface area (Å²) in [6, 6.07) is 4.48. The number of nitrogens with zero attached hydrogens (tertiary/aromatic N) is 1. The minimum atomic E-state index is -0.249. The van der Waals surface area contributed by atoms with Crippen molar-refractivity contribution in [1.82, 2.24) is 0 Å². The fraction of sp³-hybridized carbons (Fsp3) is 0.538. The number of nitrogens with two attached hydrogens (primary N) is 1. The summed E-state index contributed by atoms with van der Waals surface area (Å²) in [6.07, 6.45) is 2.27. The maximum Gasteiger partial charge on any atom is 0.125 e. The topological polar surface area (TPSA) is 38.5 Å². The normalized spacial score (nSPS) is 20.2. The SMILES string of the molecule is CN(CC1CCCOC1)c1cc(F)ccc1N. The molecule has 0 radical (unpaired) electrons. The molecule has 0 amide bonds. The lowest BCUT2D eigenvalue weighted by Crippen LogP contribution is -2.31. The maximum absolute atomic E-state index is 13.2. The number of halogens is 1. The van der Waals surface area contributed by atoms with Crippen molar-refractivity contribution in [3.8, 4) is 0 Å². The van der Waals surface area contributed by atoms with Gasteiger partial charge in [-0.1, -0.05) is 0 Å². The van der Waals surface area contributed by atoms with E-state index in [4.69, 9.17) is 10.5 Å². The van der Waals surface area contributed by atoms with Crippen LogP contribution in [0.3, 0.4) is 0 Å². The summed E-state index contributed by atoms with van der Waals surface area (Å²) in [5.41, 5.74) is 7.23. The monoisotopic (exact) mass is 238 g/mol. The lowest BCUT2D eigenvalue weighted by atomic mass is 10.0. The molecule has 1 aliphatic heterocycles. The molecule has 0 aromatic heterocycles. The third-order valence-corrected chi connectivity index (χ3v) is 3.19. The summed E-state index contributed by atoms with van der Waals surface area (Å²) >= 11 is 0. The molecule has 2 rings (SSSR count). The molecule has 1 aromatic rings. The van der Waals surface area contributed by atoms with E-state index in [0.717, 1.165) is 31.9 Å². The van der Waals surface area contributed by atoms with Gasteiger partial charge in [0.15, 0.2) is 0 Å². The van der Waals surface area contributed by atoms with Gasteiger partial charge in [-0.05, 0) is 37.0 Å². The Hall–Kier alpha value is -1.29. The van der Waals surface area contributed by atoms with Crippen LogP contribution in [0, 0.1) is 11.7 Å². The van der Waals surface area contributed by atoms with E-state index < -0.39 is 0 Å². The van der Waals surface area contributed by atoms with Crippen LogP contribution in [0.15, 0.2) is 18.2 Å². The van der Waals surface area contributed by atoms with Gasteiger partial charge < -0.3 is 15.4 Å². The molecule has 4 heteroatoms. The Bertz CT molecular complexity index is 378. The van der Waals surface area contributed by atoms with E-state index in [2.05, 4.69) is 0 Å². The molecule has 1 aliphatic rings. The van der Waals surface area contributed by atoms with Gasteiger partial charge in [0.25, 0.3) is 0 Å². The molecule has 0 saturated carbocycles. The number of hydrogen-bond donors (Lipinski definition) is 1. The predicted molar refractivity (Wildman–Crippen MR) is 67.6 cm³/mol. The van der Waals surface area contributed by atoms with Crippen molar-refractivity contribution < 1.29 is 9.13 Å². The first-order valence-electron chi connectivity index (χ1n) is 6.00. The summed E-state index contributed by atoms with van der Waals surface area (Å²) in [5.74, 6) is 0.261. The van der Waals surface area contributed by atoms with Crippen LogP contribution in [0.1, 0.15) is 12.8 Å². The zero-order valence-corrected chi connectivity index (χ0v) is 10.2. The highest BCUT2D eigenvalue weighted by Crippen LogP contribution is 2.25. The molecular weight excluding hydrogens is 219 g/mol. The molecule has 1 atom stereocenters. The van der Waals surface area contributed by atoms with Gasteiger partial charge in [-0.15, -0.1) is 0 Å². The molecule has 1 unspecified atom stereocenters. The largest absolute Gasteiger partial charge is 0.397 e. The van der Waals surface area contributed by atoms with Crippen molar-refractivity contribution in [3.05, 3.63) is 24.0 Å². The first kappa shape index (κ1) is 12.2. The predicted octanol–water partition coefficient (Wildman–Crippen LogP) is 2.27. The quantitative estimate of drug-likeness (QED) is 0.821. The van der Waals surface area contributed by atoms with Crippen molar-refractivity contribution in [2.24, 2.45) is 5.92 Å². The third-order valence-electron chi connectivity index (χ3n) is 3.19. The van der Waals surface area contributed by atoms with E-state index >= 15 is 0 Å². The van der Waals surface area contributed by atoms with Gasteiger partial charge in [0, 0.05) is 20.2 Å². The van der Waals surface area contributed by atoms with Crippen LogP contribution >= 0.6 is 0 Å². The minimum absolute atomic E-state index is 0.249. The lowest BCUT2D eigenvalue weighted by Gasteiger charge is -2.29. The van der Waals surface area contributed by atoms with Gasteiger partial charge in [0.05, 0.1) is 18.0 Å². The second-order valence-electron chi connectivity index (χ2n) is 4.67. The van der Waals surface area contributed by atoms with E-state index in [-0.39, 0.29) is 5.82 Å². The highest BCUT2D eigenvalue weighted by Gasteiger charge is 2.17. The average molecular weight is 238 g/mol. The molecule has 3 nitrogen and oxygen atoms in total. The summed E-state index contributed by atoms with van der Waals surface area (Å²) in [6.45, 7) is 2.51. The highest BCUT2D eigenvalue weighted by atomic mass is 19.1. The molecule has 1 heterocycles. The number of rotatable bonds is 3. The van der Waals surface area contributed by atoms with Crippen molar-refractivity contribution >= 4 is 11.4 Å². The van der Waals surface area contributed by atoms with Gasteiger partial charge in [0.2, 0.25) is 0 Å². The zero-order valence-electron chi connectivity index (χ0n) is 10.2. The molecule has 1 fully saturated rings. The zero-order chi connectivity index (χ0) is 12.3. The summed E-state index contributed by atoms with van der Waals surface area (Å²) < 4.78 is 18.6. The van der Waals surface area contributed by atoms with Gasteiger partial charge in [0.1, 0.15) is 5.82 Å². The summed E-state index contributed by atoms with van der Waals surface area (Å²) in [7, 11) is 1.94. The Kier molecular flexibility index (Phi) is 3.84. The fourth-order valence-electron chi connectivity index (χ4n) is 2.28. The van der Waals surface area contributed by atoms with Gasteiger partial charge in [-0.25, -0.2) is 4.39 Å². The van der Waals surface area contributed by atoms with Crippen LogP contribution in [0.25, 0.3) is 0 Å². The summed E-state index contributed by atoms with van der Waals surface area (Å²) in [5, 5.41) is 0. The highest BCUT2D eigenvalue weighted by molar-refractivity contribution is 5.67. The third kappa shape index (κ3) is 3.09. The minimum Gasteiger partial charge on any atom is -0.397 e. The van der Waals surface area contributed by atoms with Crippen molar-refractivity contribution in [2.45, 2.75) is 12.8 Å². The number of benzene rings is 1. The van der Waals surface area contributed by atoms with Crippen LogP contribution in [-0.2, 0) is 4.74 Å². The van der Waals surface area contributed by atoms with Crippen LogP contribution in [0.4, 0.5) is 15.8 Å². The molecule has 0 bridgehead atoms. The van der Waals surface area contributed by atoms with Gasteiger partial charge in [-0.3, -0.25) is 0 Å². The number of anilines is 2. The van der Waals surface area contributed by atoms with E-state index in [9.17, 15) is 4.39 Å². The molecule has 1 aromatic carbocycles. The molecular formula is C13H19FN2O. The van der Waals surface area contributed by atoms with Crippen LogP contribution in [0.2, 0.25) is 0 Å². The molecule has 1 saturated heterocycles. The fourth-order valence-corrected chi connectivity index (χ4v) is 2.28. The first-order valence-corrected chi connectivity index (χ1v) is 6.00. The number of hydrogen-bond acceptors (Lipinski definition) is 3. The Labute approximate surface area is 101 Å². The molecule has 17 heavy (non-hydrogen) atoms. The standard InChI is InChI=1S/C13H19FN2O/c1-16(8-10-3-2-6-17-9-10)13-7-11(14)4-5-12(13)15/h4-5,7,10H,2-3,6,8-9,15H2,1H3. The lowest BCUT2D eigenvalue weighted by molar-refractivity contribution is 0.0576. The van der Waals surface area contributed by atoms with Gasteiger partial charge in [-0.2, -0.15) is 0 Å². The molecule has 0 spiro atoms. The second kappa shape index (κ2) is 5.36. The van der Waals surface area contributed by atoms with Crippen LogP contribution in [-0.4, -0.2) is 26.8 Å². The number of nitrogen functional groups attached to an aromatic ring is 1. The Morgan fingerprint density at radius 2 is 2.35 bits per heavy atom. The van der Waals surface area contributed by atoms with E-state index in [1.54, 1.807) is 6.07 Å². The number of ether oxygens (including phenoxy) is 1. The summed E-state index contributed by atoms with van der Waals surface area (Å²) in [4.78, 5) is 2.01. The maximum atomic E-state index is 13.2. The second-order valence-corrected chi connectivity index (χ2v) is 4.67. The van der Waals surface area contributed by atoms with E-state index in [1.807, 2.05) is 11.9 Å².